The summed E-state index contributed by atoms with van der Waals surface area (Å²) in [6.07, 6.45) is 0.626. The lowest BCUT2D eigenvalue weighted by molar-refractivity contribution is -0.137. The van der Waals surface area contributed by atoms with Gasteiger partial charge in [0.1, 0.15) is 0 Å². The summed E-state index contributed by atoms with van der Waals surface area (Å²) in [7, 11) is 0. The summed E-state index contributed by atoms with van der Waals surface area (Å²) in [6, 6.07) is 2.16. The van der Waals surface area contributed by atoms with Crippen LogP contribution >= 0.6 is 15.9 Å². The minimum Gasteiger partial charge on any atom is -0.481 e. The van der Waals surface area contributed by atoms with E-state index in [9.17, 15) is 18.4 Å². The van der Waals surface area contributed by atoms with Gasteiger partial charge in [-0.05, 0) is 25.0 Å². The minimum absolute atomic E-state index is 0.0000926. The quantitative estimate of drug-likeness (QED) is 0.495. The number of carboxylic acid groups (broad SMARTS) is 1. The Hall–Kier alpha value is -1.30. The van der Waals surface area contributed by atoms with Gasteiger partial charge >= 0.3 is 5.97 Å². The molecule has 0 aliphatic rings. The number of carbonyl (C=O) groups excluding carboxylic acids is 1. The molecule has 0 spiro atoms. The Morgan fingerprint density at radius 3 is 2.39 bits per heavy atom. The molecule has 0 saturated heterocycles. The summed E-state index contributed by atoms with van der Waals surface area (Å²) in [4.78, 5) is 21.9. The van der Waals surface area contributed by atoms with E-state index in [0.29, 0.717) is 12.8 Å². The van der Waals surface area contributed by atoms with Gasteiger partial charge in [-0.2, -0.15) is 0 Å². The van der Waals surface area contributed by atoms with Crippen LogP contribution in [0.1, 0.15) is 36.0 Å². The zero-order valence-corrected chi connectivity index (χ0v) is 11.0. The van der Waals surface area contributed by atoms with Crippen LogP contribution < -0.4 is 0 Å². The molecule has 0 heterocycles. The molecule has 0 aliphatic carbocycles. The van der Waals surface area contributed by atoms with Crippen molar-refractivity contribution in [3.05, 3.63) is 33.8 Å². The molecule has 0 fully saturated rings. The second-order valence-electron chi connectivity index (χ2n) is 3.77. The van der Waals surface area contributed by atoms with Gasteiger partial charge in [0.05, 0.1) is 5.56 Å². The zero-order chi connectivity index (χ0) is 13.7. The summed E-state index contributed by atoms with van der Waals surface area (Å²) < 4.78 is 26.7. The van der Waals surface area contributed by atoms with Crippen molar-refractivity contribution < 1.29 is 23.5 Å². The van der Waals surface area contributed by atoms with E-state index in [0.717, 1.165) is 6.07 Å². The highest BCUT2D eigenvalue weighted by Gasteiger charge is 2.16. The topological polar surface area (TPSA) is 54.4 Å². The van der Waals surface area contributed by atoms with Crippen molar-refractivity contribution in [1.29, 1.82) is 0 Å². The van der Waals surface area contributed by atoms with E-state index in [1.54, 1.807) is 0 Å². The van der Waals surface area contributed by atoms with Gasteiger partial charge in [0.25, 0.3) is 0 Å². The standard InChI is InChI=1S/C12H11BrF2O3/c13-7-5-8(12(15)9(14)6-7)10(16)3-1-2-4-11(17)18/h5-6H,1-4H2,(H,17,18). The predicted molar refractivity (Wildman–Crippen MR) is 64.5 cm³/mol. The largest absolute Gasteiger partial charge is 0.481 e. The monoisotopic (exact) mass is 320 g/mol. The number of hydrogen-bond donors (Lipinski definition) is 1. The molecule has 3 nitrogen and oxygen atoms in total. The average molecular weight is 321 g/mol. The molecule has 98 valence electrons. The van der Waals surface area contributed by atoms with Crippen molar-refractivity contribution in [3.8, 4) is 0 Å². The van der Waals surface area contributed by atoms with Crippen LogP contribution in [0.25, 0.3) is 0 Å². The number of halogens is 3. The molecule has 0 atom stereocenters. The van der Waals surface area contributed by atoms with Crippen molar-refractivity contribution in [2.24, 2.45) is 0 Å². The number of benzene rings is 1. The van der Waals surface area contributed by atoms with Crippen molar-refractivity contribution in [1.82, 2.24) is 0 Å². The average Bonchev–Trinajstić information content (AvgIpc) is 2.28. The molecule has 0 aromatic heterocycles. The summed E-state index contributed by atoms with van der Waals surface area (Å²) in [5.41, 5.74) is -0.308. The highest BCUT2D eigenvalue weighted by molar-refractivity contribution is 9.10. The molecule has 0 radical (unpaired) electrons. The molecule has 1 aromatic carbocycles. The highest BCUT2D eigenvalue weighted by Crippen LogP contribution is 2.21. The maximum Gasteiger partial charge on any atom is 0.303 e. The van der Waals surface area contributed by atoms with Crippen LogP contribution in [-0.4, -0.2) is 16.9 Å². The van der Waals surface area contributed by atoms with Crippen molar-refractivity contribution in [2.45, 2.75) is 25.7 Å². The summed E-state index contributed by atoms with van der Waals surface area (Å²) in [6.45, 7) is 0. The Morgan fingerprint density at radius 1 is 1.17 bits per heavy atom. The number of rotatable bonds is 6. The molecule has 1 rings (SSSR count). The van der Waals surface area contributed by atoms with Crippen molar-refractivity contribution in [2.75, 3.05) is 0 Å². The van der Waals surface area contributed by atoms with E-state index in [4.69, 9.17) is 5.11 Å². The van der Waals surface area contributed by atoms with Crippen molar-refractivity contribution >= 4 is 27.7 Å². The lowest BCUT2D eigenvalue weighted by Gasteiger charge is -2.04. The van der Waals surface area contributed by atoms with Crippen LogP contribution in [0.15, 0.2) is 16.6 Å². The number of hydrogen-bond acceptors (Lipinski definition) is 2. The first kappa shape index (κ1) is 14.8. The predicted octanol–water partition coefficient (Wildman–Crippen LogP) is 3.56. The van der Waals surface area contributed by atoms with E-state index in [1.165, 1.54) is 6.07 Å². The number of carboxylic acids is 1. The van der Waals surface area contributed by atoms with Crippen LogP contribution in [0.3, 0.4) is 0 Å². The van der Waals surface area contributed by atoms with Crippen LogP contribution in [0.4, 0.5) is 8.78 Å². The van der Waals surface area contributed by atoms with Crippen LogP contribution in [0.2, 0.25) is 0 Å². The molecule has 0 aliphatic heterocycles. The lowest BCUT2D eigenvalue weighted by Crippen LogP contribution is -2.05. The van der Waals surface area contributed by atoms with Gasteiger partial charge < -0.3 is 5.11 Å². The number of Topliss-reactive ketones (excluding diaryl/α,β-unsaturated/α-hetero) is 1. The molecule has 0 bridgehead atoms. The number of ketones is 1. The minimum atomic E-state index is -1.17. The van der Waals surface area contributed by atoms with Gasteiger partial charge in [-0.3, -0.25) is 9.59 Å². The van der Waals surface area contributed by atoms with Gasteiger partial charge in [-0.1, -0.05) is 15.9 Å². The third-order valence-electron chi connectivity index (χ3n) is 2.34. The second-order valence-corrected chi connectivity index (χ2v) is 4.69. The van der Waals surface area contributed by atoms with Gasteiger partial charge in [-0.15, -0.1) is 0 Å². The summed E-state index contributed by atoms with van der Waals surface area (Å²) in [5, 5.41) is 8.41. The Labute approximate surface area is 111 Å². The van der Waals surface area contributed by atoms with Gasteiger partial charge in [0.2, 0.25) is 0 Å². The SMILES string of the molecule is O=C(O)CCCCC(=O)c1cc(Br)cc(F)c1F. The Bertz CT molecular complexity index is 475. The van der Waals surface area contributed by atoms with E-state index in [1.807, 2.05) is 0 Å². The maximum atomic E-state index is 13.4. The van der Waals surface area contributed by atoms with Gasteiger partial charge in [0, 0.05) is 17.3 Å². The first-order valence-corrected chi connectivity index (χ1v) is 6.10. The fraction of sp³-hybridized carbons (Fsp3) is 0.333. The first-order chi connectivity index (χ1) is 8.41. The van der Waals surface area contributed by atoms with E-state index in [2.05, 4.69) is 15.9 Å². The lowest BCUT2D eigenvalue weighted by atomic mass is 10.0. The van der Waals surface area contributed by atoms with E-state index in [-0.39, 0.29) is 22.9 Å². The van der Waals surface area contributed by atoms with Gasteiger partial charge in [0.15, 0.2) is 17.4 Å². The molecule has 1 N–H and O–H groups in total. The smallest absolute Gasteiger partial charge is 0.303 e. The molecular weight excluding hydrogens is 310 g/mol. The summed E-state index contributed by atoms with van der Waals surface area (Å²) in [5.74, 6) is -3.72. The first-order valence-electron chi connectivity index (χ1n) is 5.31. The normalized spacial score (nSPS) is 10.4. The molecule has 1 aromatic rings. The Morgan fingerprint density at radius 2 is 1.78 bits per heavy atom. The molecule has 0 amide bonds. The molecule has 18 heavy (non-hydrogen) atoms. The third-order valence-corrected chi connectivity index (χ3v) is 2.80. The second kappa shape index (κ2) is 6.58. The van der Waals surface area contributed by atoms with E-state index >= 15 is 0 Å². The fourth-order valence-electron chi connectivity index (χ4n) is 1.46. The van der Waals surface area contributed by atoms with Crippen LogP contribution in [-0.2, 0) is 4.79 Å². The number of aliphatic carboxylic acids is 1. The fourth-order valence-corrected chi connectivity index (χ4v) is 1.89. The molecule has 6 heteroatoms. The molecule has 0 saturated carbocycles. The van der Waals surface area contributed by atoms with Gasteiger partial charge in [-0.25, -0.2) is 8.78 Å². The van der Waals surface area contributed by atoms with Crippen LogP contribution in [0, 0.1) is 11.6 Å². The number of carbonyl (C=O) groups is 2. The van der Waals surface area contributed by atoms with E-state index < -0.39 is 23.4 Å². The molecular formula is C12H11BrF2O3. The Balaban J connectivity index is 2.64. The van der Waals surface area contributed by atoms with Crippen molar-refractivity contribution in [3.63, 3.8) is 0 Å². The number of unbranched alkanes of at least 4 members (excludes halogenated alkanes) is 1. The zero-order valence-electron chi connectivity index (χ0n) is 9.38. The summed E-state index contributed by atoms with van der Waals surface area (Å²) >= 11 is 2.98. The highest BCUT2D eigenvalue weighted by atomic mass is 79.9. The van der Waals surface area contributed by atoms with Crippen LogP contribution in [0.5, 0.6) is 0 Å². The Kier molecular flexibility index (Phi) is 5.40. The molecule has 0 unspecified atom stereocenters. The third kappa shape index (κ3) is 4.18. The maximum absolute atomic E-state index is 13.4.